The van der Waals surface area contributed by atoms with Gasteiger partial charge in [0.05, 0.1) is 4.88 Å². The van der Waals surface area contributed by atoms with Gasteiger partial charge < -0.3 is 5.32 Å². The molecule has 4 aromatic rings. The van der Waals surface area contributed by atoms with Crippen molar-refractivity contribution in [2.24, 2.45) is 0 Å². The number of halogens is 1. The van der Waals surface area contributed by atoms with Gasteiger partial charge in [0, 0.05) is 15.9 Å². The number of anilines is 2. The molecule has 0 aliphatic heterocycles. The third-order valence-corrected chi connectivity index (χ3v) is 6.45. The van der Waals surface area contributed by atoms with Gasteiger partial charge in [0.1, 0.15) is 17.2 Å². The number of benzene rings is 1. The number of nitrogens with zero attached hydrogens (tertiary/aromatic N) is 2. The predicted molar refractivity (Wildman–Crippen MR) is 115 cm³/mol. The number of pyridine rings is 1. The van der Waals surface area contributed by atoms with Crippen molar-refractivity contribution < 1.29 is 0 Å². The number of para-hydroxylation sites is 1. The molecule has 0 radical (unpaired) electrons. The van der Waals surface area contributed by atoms with Crippen LogP contribution in [0.5, 0.6) is 0 Å². The molecule has 132 valence electrons. The topological polar surface area (TPSA) is 29.3 Å². The van der Waals surface area contributed by atoms with Crippen LogP contribution in [0.1, 0.15) is 22.4 Å². The monoisotopic (exact) mass is 425 g/mol. The van der Waals surface area contributed by atoms with E-state index in [9.17, 15) is 0 Å². The summed E-state index contributed by atoms with van der Waals surface area (Å²) in [5, 5.41) is 5.78. The van der Waals surface area contributed by atoms with Crippen LogP contribution in [0.15, 0.2) is 46.3 Å². The second-order valence-electron chi connectivity index (χ2n) is 6.67. The van der Waals surface area contributed by atoms with E-state index in [0.717, 1.165) is 32.2 Å². The van der Waals surface area contributed by atoms with Crippen LogP contribution in [0.4, 0.5) is 11.5 Å². The van der Waals surface area contributed by atoms with Gasteiger partial charge in [0.25, 0.3) is 0 Å². The summed E-state index contributed by atoms with van der Waals surface area (Å²) in [4.78, 5) is 6.11. The quantitative estimate of drug-likeness (QED) is 0.390. The number of nitrogens with one attached hydrogen (secondary N) is 1. The summed E-state index contributed by atoms with van der Waals surface area (Å²) in [5.74, 6) is 1.01. The van der Waals surface area contributed by atoms with Crippen molar-refractivity contribution in [2.75, 3.05) is 5.32 Å². The number of hydrogen-bond donors (Lipinski definition) is 1. The third-order valence-electron chi connectivity index (χ3n) is 4.61. The standard InChI is InChI=1S/C21H20BrN3S/c1-12-10-15(4)25-17(11-12)23-19(20-16(22)8-9-26-20)21(25)24-18-13(2)6-5-7-14(18)3/h5-11,24H,1-4H3. The van der Waals surface area contributed by atoms with Crippen LogP contribution in [0.3, 0.4) is 0 Å². The molecule has 0 saturated heterocycles. The number of thiophene rings is 1. The Hall–Kier alpha value is -2.11. The SMILES string of the molecule is Cc1cc(C)n2c(Nc3c(C)cccc3C)c(-c3sccc3Br)nc2c1. The predicted octanol–water partition coefficient (Wildman–Crippen LogP) is 6.80. The van der Waals surface area contributed by atoms with E-state index in [1.165, 1.54) is 22.4 Å². The molecule has 0 aliphatic carbocycles. The molecule has 0 aliphatic rings. The van der Waals surface area contributed by atoms with Crippen LogP contribution in [0.2, 0.25) is 0 Å². The van der Waals surface area contributed by atoms with E-state index in [2.05, 4.69) is 95.1 Å². The molecule has 0 unspecified atom stereocenters. The van der Waals surface area contributed by atoms with E-state index >= 15 is 0 Å². The van der Waals surface area contributed by atoms with Crippen molar-refractivity contribution in [1.29, 1.82) is 0 Å². The Balaban J connectivity index is 2.01. The van der Waals surface area contributed by atoms with Crippen molar-refractivity contribution >= 4 is 44.4 Å². The van der Waals surface area contributed by atoms with E-state index in [4.69, 9.17) is 4.98 Å². The van der Waals surface area contributed by atoms with Crippen LogP contribution >= 0.6 is 27.3 Å². The molecule has 0 bridgehead atoms. The smallest absolute Gasteiger partial charge is 0.144 e. The Morgan fingerprint density at radius 3 is 2.42 bits per heavy atom. The van der Waals surface area contributed by atoms with Crippen molar-refractivity contribution in [1.82, 2.24) is 9.38 Å². The average Bonchev–Trinajstić information content (AvgIpc) is 3.14. The maximum Gasteiger partial charge on any atom is 0.144 e. The van der Waals surface area contributed by atoms with Gasteiger partial charge in [0.15, 0.2) is 0 Å². The van der Waals surface area contributed by atoms with E-state index < -0.39 is 0 Å². The molecule has 3 heterocycles. The first-order valence-corrected chi connectivity index (χ1v) is 10.2. The zero-order chi connectivity index (χ0) is 18.4. The highest BCUT2D eigenvalue weighted by molar-refractivity contribution is 9.10. The van der Waals surface area contributed by atoms with Crippen LogP contribution in [-0.2, 0) is 0 Å². The molecule has 26 heavy (non-hydrogen) atoms. The molecule has 1 aromatic carbocycles. The lowest BCUT2D eigenvalue weighted by molar-refractivity contribution is 1.08. The summed E-state index contributed by atoms with van der Waals surface area (Å²) < 4.78 is 3.28. The molecule has 3 aromatic heterocycles. The minimum Gasteiger partial charge on any atom is -0.339 e. The first kappa shape index (κ1) is 17.3. The van der Waals surface area contributed by atoms with Gasteiger partial charge in [-0.15, -0.1) is 11.3 Å². The normalized spacial score (nSPS) is 11.3. The van der Waals surface area contributed by atoms with Gasteiger partial charge in [-0.25, -0.2) is 4.98 Å². The number of aryl methyl sites for hydroxylation is 4. The Morgan fingerprint density at radius 1 is 1.04 bits per heavy atom. The molecular formula is C21H20BrN3S. The lowest BCUT2D eigenvalue weighted by Crippen LogP contribution is -2.02. The highest BCUT2D eigenvalue weighted by atomic mass is 79.9. The molecule has 0 atom stereocenters. The molecule has 4 rings (SSSR count). The van der Waals surface area contributed by atoms with Crippen molar-refractivity contribution in [2.45, 2.75) is 27.7 Å². The largest absolute Gasteiger partial charge is 0.339 e. The summed E-state index contributed by atoms with van der Waals surface area (Å²) >= 11 is 5.37. The van der Waals surface area contributed by atoms with E-state index in [1.807, 2.05) is 0 Å². The molecule has 5 heteroatoms. The van der Waals surface area contributed by atoms with Crippen LogP contribution in [0.25, 0.3) is 16.2 Å². The number of fused-ring (bicyclic) bond motifs is 1. The molecular weight excluding hydrogens is 406 g/mol. The third kappa shape index (κ3) is 2.85. The zero-order valence-corrected chi connectivity index (χ0v) is 17.6. The fourth-order valence-electron chi connectivity index (χ4n) is 3.40. The Morgan fingerprint density at radius 2 is 1.77 bits per heavy atom. The van der Waals surface area contributed by atoms with Crippen LogP contribution < -0.4 is 5.32 Å². The van der Waals surface area contributed by atoms with Crippen LogP contribution in [-0.4, -0.2) is 9.38 Å². The first-order valence-electron chi connectivity index (χ1n) is 8.52. The van der Waals surface area contributed by atoms with Crippen molar-refractivity contribution in [3.05, 3.63) is 68.6 Å². The van der Waals surface area contributed by atoms with E-state index in [-0.39, 0.29) is 0 Å². The summed E-state index contributed by atoms with van der Waals surface area (Å²) in [6, 6.07) is 12.8. The molecule has 0 saturated carbocycles. The molecule has 1 N–H and O–H groups in total. The van der Waals surface area contributed by atoms with Gasteiger partial charge in [0.2, 0.25) is 0 Å². The maximum absolute atomic E-state index is 4.97. The Labute approximate surface area is 165 Å². The first-order chi connectivity index (χ1) is 12.5. The zero-order valence-electron chi connectivity index (χ0n) is 15.2. The lowest BCUT2D eigenvalue weighted by atomic mass is 10.1. The summed E-state index contributed by atoms with van der Waals surface area (Å²) in [6.45, 7) is 8.51. The highest BCUT2D eigenvalue weighted by Gasteiger charge is 2.20. The van der Waals surface area contributed by atoms with Gasteiger partial charge in [-0.05, 0) is 83.9 Å². The number of aromatic nitrogens is 2. The fraction of sp³-hybridized carbons (Fsp3) is 0.190. The molecule has 3 nitrogen and oxygen atoms in total. The summed E-state index contributed by atoms with van der Waals surface area (Å²) in [6.07, 6.45) is 0. The van der Waals surface area contributed by atoms with Crippen LogP contribution in [0, 0.1) is 27.7 Å². The summed E-state index contributed by atoms with van der Waals surface area (Å²) in [5.41, 5.74) is 7.91. The maximum atomic E-state index is 4.97. The Kier molecular flexibility index (Phi) is 4.37. The number of hydrogen-bond acceptors (Lipinski definition) is 3. The van der Waals surface area contributed by atoms with E-state index in [1.54, 1.807) is 11.3 Å². The minimum atomic E-state index is 0.964. The van der Waals surface area contributed by atoms with Crippen molar-refractivity contribution in [3.8, 4) is 10.6 Å². The molecule has 0 fully saturated rings. The highest BCUT2D eigenvalue weighted by Crippen LogP contribution is 2.40. The second-order valence-corrected chi connectivity index (χ2v) is 8.44. The van der Waals surface area contributed by atoms with Gasteiger partial charge in [-0.2, -0.15) is 0 Å². The minimum absolute atomic E-state index is 0.964. The molecule has 0 spiro atoms. The fourth-order valence-corrected chi connectivity index (χ4v) is 4.95. The van der Waals surface area contributed by atoms with Gasteiger partial charge >= 0.3 is 0 Å². The summed E-state index contributed by atoms with van der Waals surface area (Å²) in [7, 11) is 0. The Bertz CT molecular complexity index is 1100. The van der Waals surface area contributed by atoms with Gasteiger partial charge in [-0.1, -0.05) is 18.2 Å². The second kappa shape index (κ2) is 6.56. The molecule has 0 amide bonds. The average molecular weight is 426 g/mol. The number of rotatable bonds is 3. The van der Waals surface area contributed by atoms with Crippen molar-refractivity contribution in [3.63, 3.8) is 0 Å². The lowest BCUT2D eigenvalue weighted by Gasteiger charge is -2.15. The van der Waals surface area contributed by atoms with E-state index in [0.29, 0.717) is 0 Å². The number of imidazole rings is 1. The van der Waals surface area contributed by atoms with Gasteiger partial charge in [-0.3, -0.25) is 4.40 Å².